The zero-order valence-electron chi connectivity index (χ0n) is 15.1. The van der Waals surface area contributed by atoms with Gasteiger partial charge in [0.25, 0.3) is 5.82 Å². The number of hydrogen-bond donors (Lipinski definition) is 0. The summed E-state index contributed by atoms with van der Waals surface area (Å²) in [4.78, 5) is 4.52. The minimum Gasteiger partial charge on any atom is -0.261 e. The normalized spacial score (nSPS) is 11.2. The van der Waals surface area contributed by atoms with Crippen molar-refractivity contribution in [3.05, 3.63) is 77.6 Å². The molecule has 0 radical (unpaired) electrons. The van der Waals surface area contributed by atoms with E-state index in [1.165, 1.54) is 27.8 Å². The number of rotatable bonds is 2. The van der Waals surface area contributed by atoms with Crippen LogP contribution in [0, 0.1) is 20.8 Å². The van der Waals surface area contributed by atoms with Crippen molar-refractivity contribution in [1.82, 2.24) is 9.55 Å². The lowest BCUT2D eigenvalue weighted by Crippen LogP contribution is -2.30. The van der Waals surface area contributed by atoms with E-state index in [9.17, 15) is 0 Å². The standard InChI is InChI=1S/C22H22N3/c1-15-9-7-10-16(2)21(15)25-20-13-6-5-12-19(20)24(4)22(25)18-11-8-14-23-17(18)3/h5-14H,1-4H3/q+1. The summed E-state index contributed by atoms with van der Waals surface area (Å²) < 4.78 is 4.65. The van der Waals surface area contributed by atoms with Crippen molar-refractivity contribution < 1.29 is 4.57 Å². The van der Waals surface area contributed by atoms with Gasteiger partial charge in [0, 0.05) is 6.20 Å². The molecule has 4 aromatic rings. The highest BCUT2D eigenvalue weighted by Gasteiger charge is 2.28. The Morgan fingerprint density at radius 2 is 1.56 bits per heavy atom. The Kier molecular flexibility index (Phi) is 3.65. The fourth-order valence-electron chi connectivity index (χ4n) is 3.72. The second-order valence-corrected chi connectivity index (χ2v) is 6.58. The van der Waals surface area contributed by atoms with Gasteiger partial charge in [-0.25, -0.2) is 4.57 Å². The largest absolute Gasteiger partial charge is 0.296 e. The van der Waals surface area contributed by atoms with Crippen molar-refractivity contribution in [3.8, 4) is 17.1 Å². The molecule has 124 valence electrons. The van der Waals surface area contributed by atoms with Crippen LogP contribution in [0.4, 0.5) is 0 Å². The number of imidazole rings is 1. The first kappa shape index (κ1) is 15.6. The highest BCUT2D eigenvalue weighted by atomic mass is 15.2. The number of para-hydroxylation sites is 3. The minimum atomic E-state index is 1.04. The molecule has 3 heteroatoms. The maximum atomic E-state index is 4.52. The maximum absolute atomic E-state index is 4.52. The van der Waals surface area contributed by atoms with E-state index in [4.69, 9.17) is 0 Å². The monoisotopic (exact) mass is 328 g/mol. The third kappa shape index (κ3) is 2.35. The van der Waals surface area contributed by atoms with Crippen LogP contribution in [-0.2, 0) is 7.05 Å². The Morgan fingerprint density at radius 1 is 0.840 bits per heavy atom. The number of pyridine rings is 1. The van der Waals surface area contributed by atoms with E-state index < -0.39 is 0 Å². The second kappa shape index (κ2) is 5.85. The van der Waals surface area contributed by atoms with Gasteiger partial charge in [0.15, 0.2) is 11.0 Å². The van der Waals surface area contributed by atoms with Crippen molar-refractivity contribution in [2.24, 2.45) is 7.05 Å². The third-order valence-corrected chi connectivity index (χ3v) is 4.92. The predicted octanol–water partition coefficient (Wildman–Crippen LogP) is 4.44. The first-order chi connectivity index (χ1) is 12.1. The number of fused-ring (bicyclic) bond motifs is 1. The molecule has 0 aliphatic carbocycles. The molecule has 0 atom stereocenters. The molecule has 3 nitrogen and oxygen atoms in total. The number of nitrogens with zero attached hydrogens (tertiary/aromatic N) is 3. The number of aromatic nitrogens is 3. The average molecular weight is 328 g/mol. The van der Waals surface area contributed by atoms with Gasteiger partial charge in [-0.1, -0.05) is 30.3 Å². The summed E-state index contributed by atoms with van der Waals surface area (Å²) in [5, 5.41) is 0. The Bertz CT molecular complexity index is 1070. The highest BCUT2D eigenvalue weighted by Crippen LogP contribution is 2.31. The van der Waals surface area contributed by atoms with E-state index >= 15 is 0 Å². The molecule has 0 aliphatic rings. The van der Waals surface area contributed by atoms with Gasteiger partial charge in [0.2, 0.25) is 0 Å². The van der Waals surface area contributed by atoms with Crippen LogP contribution in [0.2, 0.25) is 0 Å². The lowest BCUT2D eigenvalue weighted by atomic mass is 10.1. The predicted molar refractivity (Wildman–Crippen MR) is 102 cm³/mol. The molecular weight excluding hydrogens is 306 g/mol. The summed E-state index contributed by atoms with van der Waals surface area (Å²) in [6.07, 6.45) is 1.85. The zero-order valence-corrected chi connectivity index (χ0v) is 15.1. The van der Waals surface area contributed by atoms with E-state index in [2.05, 4.69) is 90.5 Å². The first-order valence-electron chi connectivity index (χ1n) is 8.57. The fourth-order valence-corrected chi connectivity index (χ4v) is 3.72. The number of aryl methyl sites for hydroxylation is 4. The molecule has 25 heavy (non-hydrogen) atoms. The molecule has 0 aliphatic heterocycles. The molecule has 0 amide bonds. The van der Waals surface area contributed by atoms with E-state index in [1.54, 1.807) is 0 Å². The molecule has 0 fully saturated rings. The van der Waals surface area contributed by atoms with Crippen molar-refractivity contribution in [3.63, 3.8) is 0 Å². The summed E-state index contributed by atoms with van der Waals surface area (Å²) in [5.41, 5.74) is 8.40. The van der Waals surface area contributed by atoms with Crippen LogP contribution in [0.25, 0.3) is 28.1 Å². The second-order valence-electron chi connectivity index (χ2n) is 6.58. The van der Waals surface area contributed by atoms with Gasteiger partial charge in [-0.15, -0.1) is 0 Å². The molecule has 0 N–H and O–H groups in total. The molecular formula is C22H22N3+. The van der Waals surface area contributed by atoms with Crippen LogP contribution in [0.3, 0.4) is 0 Å². The van der Waals surface area contributed by atoms with Crippen molar-refractivity contribution >= 4 is 11.0 Å². The summed E-state index contributed by atoms with van der Waals surface area (Å²) in [7, 11) is 2.13. The first-order valence-corrected chi connectivity index (χ1v) is 8.57. The van der Waals surface area contributed by atoms with Gasteiger partial charge in [-0.3, -0.25) is 4.98 Å². The van der Waals surface area contributed by atoms with Crippen LogP contribution in [0.15, 0.2) is 60.8 Å². The Hall–Kier alpha value is -2.94. The summed E-state index contributed by atoms with van der Waals surface area (Å²) in [5.74, 6) is 1.16. The van der Waals surface area contributed by atoms with Gasteiger partial charge in [0.1, 0.15) is 5.69 Å². The maximum Gasteiger partial charge on any atom is 0.296 e. The molecule has 0 saturated heterocycles. The van der Waals surface area contributed by atoms with Crippen LogP contribution in [0.1, 0.15) is 16.8 Å². The molecule has 0 unspecified atom stereocenters. The Balaban J connectivity index is 2.21. The SMILES string of the molecule is Cc1cccc(C)c1-n1c(-c2cccnc2C)[n+](C)c2ccccc21. The van der Waals surface area contributed by atoms with E-state index in [0.717, 1.165) is 17.1 Å². The molecule has 2 aromatic heterocycles. The topological polar surface area (TPSA) is 21.7 Å². The zero-order chi connectivity index (χ0) is 17.6. The molecule has 4 rings (SSSR count). The minimum absolute atomic E-state index is 1.04. The highest BCUT2D eigenvalue weighted by molar-refractivity contribution is 5.80. The lowest BCUT2D eigenvalue weighted by Gasteiger charge is -2.10. The number of benzene rings is 2. The molecule has 0 saturated carbocycles. The summed E-state index contributed by atoms with van der Waals surface area (Å²) >= 11 is 0. The van der Waals surface area contributed by atoms with Crippen molar-refractivity contribution in [1.29, 1.82) is 0 Å². The van der Waals surface area contributed by atoms with Gasteiger partial charge < -0.3 is 0 Å². The van der Waals surface area contributed by atoms with E-state index in [0.29, 0.717) is 0 Å². The molecule has 2 heterocycles. The molecule has 0 bridgehead atoms. The summed E-state index contributed by atoms with van der Waals surface area (Å²) in [6.45, 7) is 6.43. The van der Waals surface area contributed by atoms with Crippen LogP contribution < -0.4 is 4.57 Å². The van der Waals surface area contributed by atoms with Gasteiger partial charge in [-0.05, 0) is 56.2 Å². The Labute approximate surface area is 148 Å². The smallest absolute Gasteiger partial charge is 0.261 e. The quantitative estimate of drug-likeness (QED) is 0.499. The summed E-state index contributed by atoms with van der Waals surface area (Å²) in [6, 6.07) is 19.2. The van der Waals surface area contributed by atoms with Gasteiger partial charge in [-0.2, -0.15) is 4.57 Å². The number of hydrogen-bond acceptors (Lipinski definition) is 1. The van der Waals surface area contributed by atoms with Crippen LogP contribution in [-0.4, -0.2) is 9.55 Å². The fraction of sp³-hybridized carbons (Fsp3) is 0.182. The van der Waals surface area contributed by atoms with Crippen LogP contribution in [0.5, 0.6) is 0 Å². The Morgan fingerprint density at radius 3 is 2.28 bits per heavy atom. The van der Waals surface area contributed by atoms with Crippen LogP contribution >= 0.6 is 0 Å². The van der Waals surface area contributed by atoms with Gasteiger partial charge >= 0.3 is 0 Å². The van der Waals surface area contributed by atoms with E-state index in [-0.39, 0.29) is 0 Å². The lowest BCUT2D eigenvalue weighted by molar-refractivity contribution is -0.633. The molecule has 0 spiro atoms. The van der Waals surface area contributed by atoms with Crippen molar-refractivity contribution in [2.75, 3.05) is 0 Å². The van der Waals surface area contributed by atoms with Gasteiger partial charge in [0.05, 0.1) is 18.3 Å². The average Bonchev–Trinajstić information content (AvgIpc) is 2.89. The van der Waals surface area contributed by atoms with E-state index in [1.807, 2.05) is 12.3 Å². The van der Waals surface area contributed by atoms with Crippen molar-refractivity contribution in [2.45, 2.75) is 20.8 Å². The third-order valence-electron chi connectivity index (χ3n) is 4.92. The molecule has 2 aromatic carbocycles.